The molecule has 0 saturated carbocycles. The Labute approximate surface area is 94.5 Å². The number of aliphatic hydroxyl groups is 1. The molecule has 3 heteroatoms. The summed E-state index contributed by atoms with van der Waals surface area (Å²) in [5.74, 6) is 2.05. The zero-order chi connectivity index (χ0) is 10.2. The highest BCUT2D eigenvalue weighted by atomic mass is 32.2. The fourth-order valence-electron chi connectivity index (χ4n) is 1.22. The van der Waals surface area contributed by atoms with Crippen molar-refractivity contribution in [3.63, 3.8) is 0 Å². The zero-order valence-corrected chi connectivity index (χ0v) is 10.2. The predicted molar refractivity (Wildman–Crippen MR) is 66.3 cm³/mol. The molecule has 0 saturated heterocycles. The number of thioether (sulfide) groups is 1. The first-order chi connectivity index (χ1) is 6.83. The lowest BCUT2D eigenvalue weighted by Gasteiger charge is -2.08. The number of aliphatic hydroxyl groups excluding tert-OH is 1. The molecule has 0 radical (unpaired) electrons. The van der Waals surface area contributed by atoms with E-state index < -0.39 is 0 Å². The van der Waals surface area contributed by atoms with Crippen molar-refractivity contribution in [2.75, 3.05) is 11.5 Å². The molecule has 80 valence electrons. The quantitative estimate of drug-likeness (QED) is 0.726. The van der Waals surface area contributed by atoms with Gasteiger partial charge < -0.3 is 5.11 Å². The highest BCUT2D eigenvalue weighted by Crippen LogP contribution is 2.12. The third-order valence-electron chi connectivity index (χ3n) is 2.01. The third kappa shape index (κ3) is 5.03. The van der Waals surface area contributed by atoms with E-state index in [9.17, 15) is 5.11 Å². The lowest BCUT2D eigenvalue weighted by molar-refractivity contribution is 0.189. The van der Waals surface area contributed by atoms with Crippen LogP contribution in [0, 0.1) is 0 Å². The van der Waals surface area contributed by atoms with Gasteiger partial charge in [0.05, 0.1) is 6.10 Å². The van der Waals surface area contributed by atoms with Gasteiger partial charge in [-0.3, -0.25) is 0 Å². The molecule has 0 aliphatic heterocycles. The Hall–Kier alpha value is 0.01000. The van der Waals surface area contributed by atoms with Crippen LogP contribution >= 0.6 is 23.1 Å². The molecule has 14 heavy (non-hydrogen) atoms. The van der Waals surface area contributed by atoms with Gasteiger partial charge in [-0.1, -0.05) is 6.92 Å². The largest absolute Gasteiger partial charge is 0.392 e. The van der Waals surface area contributed by atoms with Crippen LogP contribution in [0.5, 0.6) is 0 Å². The Kier molecular flexibility index (Phi) is 6.32. The van der Waals surface area contributed by atoms with Crippen molar-refractivity contribution in [2.24, 2.45) is 0 Å². The molecule has 1 aromatic rings. The second-order valence-electron chi connectivity index (χ2n) is 3.40. The van der Waals surface area contributed by atoms with Crippen molar-refractivity contribution in [2.45, 2.75) is 32.3 Å². The number of hydrogen-bond acceptors (Lipinski definition) is 3. The fraction of sp³-hybridized carbons (Fsp3) is 0.636. The Bertz CT molecular complexity index is 221. The molecular formula is C11H18OS2. The predicted octanol–water partition coefficient (Wildman–Crippen LogP) is 3.18. The molecule has 1 nitrogen and oxygen atoms in total. The molecule has 1 rings (SSSR count). The molecule has 0 aromatic carbocycles. The molecule has 1 heterocycles. The fourth-order valence-corrected chi connectivity index (χ4v) is 2.81. The van der Waals surface area contributed by atoms with Crippen molar-refractivity contribution >= 4 is 23.1 Å². The van der Waals surface area contributed by atoms with E-state index in [4.69, 9.17) is 0 Å². The third-order valence-corrected chi connectivity index (χ3v) is 4.05. The van der Waals surface area contributed by atoms with Crippen LogP contribution in [0.3, 0.4) is 0 Å². The highest BCUT2D eigenvalue weighted by Gasteiger charge is 2.04. The molecule has 0 fully saturated rings. The van der Waals surface area contributed by atoms with Crippen molar-refractivity contribution in [3.8, 4) is 0 Å². The van der Waals surface area contributed by atoms with Gasteiger partial charge in [-0.15, -0.1) is 0 Å². The Morgan fingerprint density at radius 2 is 2.43 bits per heavy atom. The first-order valence-electron chi connectivity index (χ1n) is 5.09. The molecule has 1 aromatic heterocycles. The van der Waals surface area contributed by atoms with Gasteiger partial charge in [0, 0.05) is 5.75 Å². The minimum absolute atomic E-state index is 0.133. The smallest absolute Gasteiger partial charge is 0.0633 e. The minimum atomic E-state index is -0.133. The molecule has 0 aliphatic rings. The van der Waals surface area contributed by atoms with E-state index in [0.717, 1.165) is 24.3 Å². The van der Waals surface area contributed by atoms with Crippen LogP contribution in [0.4, 0.5) is 0 Å². The van der Waals surface area contributed by atoms with Gasteiger partial charge in [-0.2, -0.15) is 23.1 Å². The summed E-state index contributed by atoms with van der Waals surface area (Å²) in [4.78, 5) is 0. The van der Waals surface area contributed by atoms with Gasteiger partial charge in [-0.05, 0) is 47.4 Å². The molecule has 1 atom stereocenters. The van der Waals surface area contributed by atoms with Gasteiger partial charge in [0.25, 0.3) is 0 Å². The van der Waals surface area contributed by atoms with Crippen molar-refractivity contribution in [3.05, 3.63) is 22.4 Å². The molecular weight excluding hydrogens is 212 g/mol. The summed E-state index contributed by atoms with van der Waals surface area (Å²) in [5.41, 5.74) is 1.36. The first-order valence-corrected chi connectivity index (χ1v) is 7.19. The summed E-state index contributed by atoms with van der Waals surface area (Å²) in [5, 5.41) is 13.9. The monoisotopic (exact) mass is 230 g/mol. The van der Waals surface area contributed by atoms with E-state index in [-0.39, 0.29) is 6.10 Å². The maximum atomic E-state index is 9.66. The molecule has 0 spiro atoms. The number of rotatable bonds is 7. The minimum Gasteiger partial charge on any atom is -0.392 e. The second kappa shape index (κ2) is 7.32. The van der Waals surface area contributed by atoms with E-state index in [1.54, 1.807) is 11.3 Å². The summed E-state index contributed by atoms with van der Waals surface area (Å²) in [7, 11) is 0. The first kappa shape index (κ1) is 12.1. The standard InChI is InChI=1S/C11H18OS2/c1-2-6-13-9-11(12)4-3-10-5-7-14-8-10/h5,7-8,11-12H,2-4,6,9H2,1H3. The summed E-state index contributed by atoms with van der Waals surface area (Å²) in [6, 6.07) is 2.14. The van der Waals surface area contributed by atoms with E-state index >= 15 is 0 Å². The molecule has 0 aliphatic carbocycles. The Morgan fingerprint density at radius 1 is 1.57 bits per heavy atom. The summed E-state index contributed by atoms with van der Waals surface area (Å²) < 4.78 is 0. The van der Waals surface area contributed by atoms with Crippen LogP contribution in [0.25, 0.3) is 0 Å². The maximum absolute atomic E-state index is 9.66. The summed E-state index contributed by atoms with van der Waals surface area (Å²) in [6.07, 6.45) is 2.97. The highest BCUT2D eigenvalue weighted by molar-refractivity contribution is 7.99. The van der Waals surface area contributed by atoms with Gasteiger partial charge in [-0.25, -0.2) is 0 Å². The SMILES string of the molecule is CCCSCC(O)CCc1ccsc1. The molecule has 1 unspecified atom stereocenters. The number of aryl methyl sites for hydroxylation is 1. The van der Waals surface area contributed by atoms with E-state index in [0.29, 0.717) is 0 Å². The van der Waals surface area contributed by atoms with E-state index in [1.165, 1.54) is 12.0 Å². The van der Waals surface area contributed by atoms with Crippen LogP contribution < -0.4 is 0 Å². The van der Waals surface area contributed by atoms with Gasteiger partial charge in [0.2, 0.25) is 0 Å². The van der Waals surface area contributed by atoms with Crippen LogP contribution in [-0.2, 0) is 6.42 Å². The van der Waals surface area contributed by atoms with Crippen molar-refractivity contribution in [1.82, 2.24) is 0 Å². The van der Waals surface area contributed by atoms with Crippen molar-refractivity contribution < 1.29 is 5.11 Å². The van der Waals surface area contributed by atoms with Gasteiger partial charge in [0.15, 0.2) is 0 Å². The van der Waals surface area contributed by atoms with E-state index in [2.05, 4.69) is 23.8 Å². The Balaban J connectivity index is 2.06. The van der Waals surface area contributed by atoms with Gasteiger partial charge in [0.1, 0.15) is 0 Å². The normalized spacial score (nSPS) is 13.0. The number of hydrogen-bond donors (Lipinski definition) is 1. The van der Waals surface area contributed by atoms with Crippen LogP contribution in [0.1, 0.15) is 25.3 Å². The number of thiophene rings is 1. The molecule has 0 amide bonds. The second-order valence-corrected chi connectivity index (χ2v) is 5.33. The molecule has 1 N–H and O–H groups in total. The maximum Gasteiger partial charge on any atom is 0.0633 e. The lowest BCUT2D eigenvalue weighted by Crippen LogP contribution is -2.11. The van der Waals surface area contributed by atoms with Gasteiger partial charge >= 0.3 is 0 Å². The summed E-state index contributed by atoms with van der Waals surface area (Å²) in [6.45, 7) is 2.17. The van der Waals surface area contributed by atoms with Crippen LogP contribution in [0.2, 0.25) is 0 Å². The average molecular weight is 230 g/mol. The van der Waals surface area contributed by atoms with E-state index in [1.807, 2.05) is 11.8 Å². The average Bonchev–Trinajstić information content (AvgIpc) is 2.68. The topological polar surface area (TPSA) is 20.2 Å². The Morgan fingerprint density at radius 3 is 3.07 bits per heavy atom. The molecule has 0 bridgehead atoms. The summed E-state index contributed by atoms with van der Waals surface area (Å²) >= 11 is 3.58. The van der Waals surface area contributed by atoms with Crippen molar-refractivity contribution in [1.29, 1.82) is 0 Å². The lowest BCUT2D eigenvalue weighted by atomic mass is 10.1. The van der Waals surface area contributed by atoms with Crippen LogP contribution in [0.15, 0.2) is 16.8 Å². The van der Waals surface area contributed by atoms with Crippen LogP contribution in [-0.4, -0.2) is 22.7 Å². The zero-order valence-electron chi connectivity index (χ0n) is 8.61.